The number of aromatic nitrogens is 1. The minimum Gasteiger partial charge on any atom is -0.345 e. The zero-order valence-corrected chi connectivity index (χ0v) is 19.3. The monoisotopic (exact) mass is 461 g/mol. The van der Waals surface area contributed by atoms with Crippen LogP contribution in [0.5, 0.6) is 0 Å². The van der Waals surface area contributed by atoms with Gasteiger partial charge in [0.1, 0.15) is 0 Å². The quantitative estimate of drug-likeness (QED) is 0.398. The maximum absolute atomic E-state index is 13.7. The number of rotatable bonds is 7. The van der Waals surface area contributed by atoms with Crippen molar-refractivity contribution in [2.24, 2.45) is 0 Å². The number of benzene rings is 3. The van der Waals surface area contributed by atoms with E-state index in [9.17, 15) is 13.2 Å². The number of pyridine rings is 1. The molecule has 3 aromatic carbocycles. The number of sulfonamides is 1. The lowest BCUT2D eigenvalue weighted by atomic mass is 10.0. The molecule has 0 bridgehead atoms. The van der Waals surface area contributed by atoms with Crippen LogP contribution in [-0.4, -0.2) is 25.6 Å². The Morgan fingerprint density at radius 2 is 1.55 bits per heavy atom. The van der Waals surface area contributed by atoms with Gasteiger partial charge in [0.15, 0.2) is 0 Å². The van der Waals surface area contributed by atoms with Gasteiger partial charge in [0.05, 0.1) is 34.8 Å². The van der Waals surface area contributed by atoms with Gasteiger partial charge in [-0.25, -0.2) is 13.4 Å². The third kappa shape index (κ3) is 5.04. The first-order valence-electron chi connectivity index (χ1n) is 10.7. The predicted octanol–water partition coefficient (Wildman–Crippen LogP) is 5.15. The molecule has 0 spiro atoms. The van der Waals surface area contributed by atoms with Crippen molar-refractivity contribution in [2.45, 2.75) is 19.4 Å². The topological polar surface area (TPSA) is 88.2 Å². The fraction of sp³-hybridized carbons (Fsp3) is 0.154. The molecule has 4 rings (SSSR count). The van der Waals surface area contributed by atoms with Gasteiger partial charge >= 0.3 is 0 Å². The molecule has 0 saturated heterocycles. The number of hydrogen-bond donors (Lipinski definition) is 2. The largest absolute Gasteiger partial charge is 0.345 e. The zero-order valence-electron chi connectivity index (χ0n) is 18.4. The molecule has 0 aliphatic carbocycles. The van der Waals surface area contributed by atoms with E-state index < -0.39 is 10.0 Å². The summed E-state index contributed by atoms with van der Waals surface area (Å²) in [5.74, 6) is -0.368. The molecular formula is C26H25N3O3S. The van der Waals surface area contributed by atoms with Crippen molar-refractivity contribution in [2.75, 3.05) is 11.0 Å². The normalized spacial score (nSPS) is 12.3. The van der Waals surface area contributed by atoms with E-state index in [4.69, 9.17) is 4.98 Å². The van der Waals surface area contributed by atoms with Crippen molar-refractivity contribution in [1.29, 1.82) is 0 Å². The number of amides is 1. The van der Waals surface area contributed by atoms with E-state index in [2.05, 4.69) is 10.0 Å². The molecule has 0 fully saturated rings. The molecule has 4 aromatic rings. The molecule has 0 aliphatic heterocycles. The highest BCUT2D eigenvalue weighted by molar-refractivity contribution is 7.92. The fourth-order valence-electron chi connectivity index (χ4n) is 3.87. The van der Waals surface area contributed by atoms with Gasteiger partial charge in [-0.05, 0) is 18.1 Å². The first kappa shape index (κ1) is 22.5. The Bertz CT molecular complexity index is 1390. The minimum absolute atomic E-state index is 0.169. The van der Waals surface area contributed by atoms with Crippen molar-refractivity contribution < 1.29 is 13.2 Å². The molecule has 1 atom stereocenters. The van der Waals surface area contributed by atoms with Crippen LogP contribution in [0.4, 0.5) is 5.69 Å². The van der Waals surface area contributed by atoms with Gasteiger partial charge in [0, 0.05) is 10.9 Å². The van der Waals surface area contributed by atoms with Crippen molar-refractivity contribution in [1.82, 2.24) is 10.3 Å². The third-order valence-electron chi connectivity index (χ3n) is 5.37. The molecule has 1 amide bonds. The molecule has 1 heterocycles. The number of nitrogens with zero attached hydrogens (tertiary/aromatic N) is 1. The summed E-state index contributed by atoms with van der Waals surface area (Å²) >= 11 is 0. The highest BCUT2D eigenvalue weighted by atomic mass is 32.2. The number of anilines is 1. The van der Waals surface area contributed by atoms with Gasteiger partial charge < -0.3 is 5.32 Å². The van der Waals surface area contributed by atoms with Gasteiger partial charge in [-0.1, -0.05) is 85.8 Å². The zero-order chi connectivity index (χ0) is 23.4. The predicted molar refractivity (Wildman–Crippen MR) is 133 cm³/mol. The lowest BCUT2D eigenvalue weighted by Crippen LogP contribution is -2.30. The minimum atomic E-state index is -3.69. The summed E-state index contributed by atoms with van der Waals surface area (Å²) in [6, 6.07) is 26.0. The van der Waals surface area contributed by atoms with Crippen molar-refractivity contribution in [3.05, 3.63) is 96.1 Å². The Balaban J connectivity index is 1.93. The highest BCUT2D eigenvalue weighted by Crippen LogP contribution is 2.35. The second kappa shape index (κ2) is 9.42. The lowest BCUT2D eigenvalue weighted by Gasteiger charge is -2.21. The van der Waals surface area contributed by atoms with E-state index in [1.807, 2.05) is 85.8 Å². The van der Waals surface area contributed by atoms with Gasteiger partial charge in [-0.3, -0.25) is 9.52 Å². The molecule has 0 saturated carbocycles. The molecule has 0 unspecified atom stereocenters. The van der Waals surface area contributed by atoms with Crippen LogP contribution in [0.1, 0.15) is 35.3 Å². The molecule has 33 heavy (non-hydrogen) atoms. The first-order chi connectivity index (χ1) is 15.9. The van der Waals surface area contributed by atoms with Crippen molar-refractivity contribution >= 4 is 32.5 Å². The number of carbonyl (C=O) groups excluding carboxylic acids is 1. The molecule has 168 valence electrons. The Labute approximate surface area is 193 Å². The molecule has 7 heteroatoms. The second-order valence-corrected chi connectivity index (χ2v) is 9.56. The number of nitrogens with one attached hydrogen (secondary N) is 2. The van der Waals surface area contributed by atoms with E-state index in [1.54, 1.807) is 6.07 Å². The molecule has 2 N–H and O–H groups in total. The molecule has 0 radical (unpaired) electrons. The summed E-state index contributed by atoms with van der Waals surface area (Å²) in [4.78, 5) is 18.4. The maximum Gasteiger partial charge on any atom is 0.254 e. The number of carbonyl (C=O) groups is 1. The summed E-state index contributed by atoms with van der Waals surface area (Å²) in [6.45, 7) is 1.99. The van der Waals surface area contributed by atoms with E-state index in [0.29, 0.717) is 28.6 Å². The summed E-state index contributed by atoms with van der Waals surface area (Å²) in [6.07, 6.45) is 1.75. The van der Waals surface area contributed by atoms with Crippen molar-refractivity contribution in [3.8, 4) is 11.3 Å². The van der Waals surface area contributed by atoms with Crippen LogP contribution in [0.2, 0.25) is 0 Å². The SMILES string of the molecule is CC[C@H](NC(=O)c1c(NS(C)(=O)=O)[14c](-c2ccccc2)nc2ccccc12)c1ccccc1. The molecular weight excluding hydrogens is 436 g/mol. The number of fused-ring (bicyclic) bond motifs is 1. The average molecular weight is 462 g/mol. The number of para-hydroxylation sites is 1. The summed E-state index contributed by atoms with van der Waals surface area (Å²) < 4.78 is 27.2. The van der Waals surface area contributed by atoms with E-state index in [1.165, 1.54) is 0 Å². The van der Waals surface area contributed by atoms with Gasteiger partial charge in [-0.15, -0.1) is 0 Å². The summed E-state index contributed by atoms with van der Waals surface area (Å²) in [5.41, 5.74) is 3.11. The molecule has 6 nitrogen and oxygen atoms in total. The summed E-state index contributed by atoms with van der Waals surface area (Å²) in [7, 11) is -3.69. The van der Waals surface area contributed by atoms with Crippen LogP contribution in [0.15, 0.2) is 84.9 Å². The van der Waals surface area contributed by atoms with Crippen LogP contribution in [0, 0.1) is 0 Å². The Morgan fingerprint density at radius 3 is 2.18 bits per heavy atom. The second-order valence-electron chi connectivity index (χ2n) is 7.81. The highest BCUT2D eigenvalue weighted by Gasteiger charge is 2.25. The Hall–Kier alpha value is -3.71. The third-order valence-corrected chi connectivity index (χ3v) is 5.94. The first-order valence-corrected chi connectivity index (χ1v) is 12.6. The van der Waals surface area contributed by atoms with Gasteiger partial charge in [0.25, 0.3) is 5.91 Å². The Morgan fingerprint density at radius 1 is 0.939 bits per heavy atom. The van der Waals surface area contributed by atoms with E-state index in [-0.39, 0.29) is 23.2 Å². The standard InChI is InChI=1S/C26H25N3O3S/c1-3-21(18-12-6-4-7-13-18)28-26(30)23-20-16-10-11-17-22(20)27-24(19-14-8-5-9-15-19)25(23)29-33(2,31)32/h4-17,21,29H,3H2,1-2H3,(H,28,30)/t21-/m0/s1/i24+2. The van der Waals surface area contributed by atoms with E-state index in [0.717, 1.165) is 11.8 Å². The van der Waals surface area contributed by atoms with Crippen LogP contribution < -0.4 is 10.0 Å². The lowest BCUT2D eigenvalue weighted by molar-refractivity contribution is 0.0938. The molecule has 1 aromatic heterocycles. The van der Waals surface area contributed by atoms with Crippen LogP contribution in [0.3, 0.4) is 0 Å². The van der Waals surface area contributed by atoms with Crippen LogP contribution in [0.25, 0.3) is 22.2 Å². The summed E-state index contributed by atoms with van der Waals surface area (Å²) in [5, 5.41) is 3.67. The fourth-order valence-corrected chi connectivity index (χ4v) is 4.44. The van der Waals surface area contributed by atoms with Crippen LogP contribution >= 0.6 is 0 Å². The van der Waals surface area contributed by atoms with Crippen LogP contribution in [-0.2, 0) is 10.0 Å². The van der Waals surface area contributed by atoms with E-state index >= 15 is 0 Å². The number of hydrogen-bond acceptors (Lipinski definition) is 4. The average Bonchev–Trinajstić information content (AvgIpc) is 2.82. The molecule has 0 aliphatic rings. The maximum atomic E-state index is 13.7. The smallest absolute Gasteiger partial charge is 0.254 e. The van der Waals surface area contributed by atoms with Gasteiger partial charge in [0.2, 0.25) is 10.0 Å². The van der Waals surface area contributed by atoms with Gasteiger partial charge in [-0.2, -0.15) is 0 Å². The Kier molecular flexibility index (Phi) is 6.42. The van der Waals surface area contributed by atoms with Crippen molar-refractivity contribution in [3.63, 3.8) is 0 Å².